The van der Waals surface area contributed by atoms with Crippen LogP contribution in [0.1, 0.15) is 74.5 Å². The Morgan fingerprint density at radius 1 is 1.15 bits per heavy atom. The predicted molar refractivity (Wildman–Crippen MR) is 102 cm³/mol. The first-order valence-corrected chi connectivity index (χ1v) is 9.16. The maximum Gasteiger partial charge on any atom is 0.303 e. The minimum Gasteiger partial charge on any atom is -0.460 e. The SMILES string of the molecule is CC(=O)OC(C)(C)CCCc1c(C)ccc2c1C(=O)C(=O)C(C(C)C)=C2. The number of aryl methyl sites for hydroxylation is 1. The third-order valence-corrected chi connectivity index (χ3v) is 4.83. The number of fused-ring (bicyclic) bond motifs is 1. The van der Waals surface area contributed by atoms with Crippen LogP contribution in [0.25, 0.3) is 6.08 Å². The van der Waals surface area contributed by atoms with Gasteiger partial charge in [0.25, 0.3) is 0 Å². The Kier molecular flexibility index (Phi) is 5.84. The Labute approximate surface area is 155 Å². The highest BCUT2D eigenvalue weighted by molar-refractivity contribution is 6.52. The third-order valence-electron chi connectivity index (χ3n) is 4.83. The van der Waals surface area contributed by atoms with Gasteiger partial charge in [-0.15, -0.1) is 0 Å². The second kappa shape index (κ2) is 7.56. The fourth-order valence-electron chi connectivity index (χ4n) is 3.52. The number of hydrogen-bond donors (Lipinski definition) is 0. The number of carbonyl (C=O) groups is 3. The lowest BCUT2D eigenvalue weighted by atomic mass is 9.80. The van der Waals surface area contributed by atoms with Crippen molar-refractivity contribution in [2.24, 2.45) is 5.92 Å². The summed E-state index contributed by atoms with van der Waals surface area (Å²) in [4.78, 5) is 36.4. The minimum absolute atomic E-state index is 0.0221. The molecule has 0 saturated carbocycles. The van der Waals surface area contributed by atoms with Crippen LogP contribution in [0.5, 0.6) is 0 Å². The highest BCUT2D eigenvalue weighted by Crippen LogP contribution is 2.31. The molecule has 0 unspecified atom stereocenters. The van der Waals surface area contributed by atoms with Crippen molar-refractivity contribution in [2.45, 2.75) is 66.4 Å². The van der Waals surface area contributed by atoms with Crippen molar-refractivity contribution in [3.05, 3.63) is 40.0 Å². The van der Waals surface area contributed by atoms with Gasteiger partial charge in [0.15, 0.2) is 0 Å². The molecule has 0 heterocycles. The molecule has 1 aliphatic carbocycles. The Bertz CT molecular complexity index is 782. The van der Waals surface area contributed by atoms with E-state index in [-0.39, 0.29) is 17.7 Å². The Morgan fingerprint density at radius 2 is 1.81 bits per heavy atom. The van der Waals surface area contributed by atoms with E-state index in [2.05, 4.69) is 0 Å². The Balaban J connectivity index is 2.29. The van der Waals surface area contributed by atoms with Gasteiger partial charge >= 0.3 is 5.97 Å². The van der Waals surface area contributed by atoms with Crippen LogP contribution >= 0.6 is 0 Å². The lowest BCUT2D eigenvalue weighted by molar-refractivity contribution is -0.154. The monoisotopic (exact) mass is 356 g/mol. The molecule has 1 aliphatic rings. The molecule has 1 aromatic carbocycles. The van der Waals surface area contributed by atoms with Crippen LogP contribution in [0.2, 0.25) is 0 Å². The first-order valence-electron chi connectivity index (χ1n) is 9.16. The molecular formula is C22H28O4. The molecule has 0 bridgehead atoms. The summed E-state index contributed by atoms with van der Waals surface area (Å²) in [6.07, 6.45) is 3.98. The zero-order valence-corrected chi connectivity index (χ0v) is 16.6. The topological polar surface area (TPSA) is 60.4 Å². The average Bonchev–Trinajstić information content (AvgIpc) is 2.51. The van der Waals surface area contributed by atoms with Crippen molar-refractivity contribution < 1.29 is 19.1 Å². The van der Waals surface area contributed by atoms with Gasteiger partial charge in [-0.05, 0) is 68.7 Å². The van der Waals surface area contributed by atoms with Crippen LogP contribution in [0.4, 0.5) is 0 Å². The van der Waals surface area contributed by atoms with Crippen LogP contribution in [0.15, 0.2) is 17.7 Å². The van der Waals surface area contributed by atoms with E-state index in [1.165, 1.54) is 6.92 Å². The molecule has 4 heteroatoms. The number of allylic oxidation sites excluding steroid dienone is 1. The zero-order chi connectivity index (χ0) is 19.6. The van der Waals surface area contributed by atoms with Gasteiger partial charge in [-0.25, -0.2) is 0 Å². The lowest BCUT2D eigenvalue weighted by Gasteiger charge is -2.25. The quantitative estimate of drug-likeness (QED) is 0.557. The minimum atomic E-state index is -0.543. The largest absolute Gasteiger partial charge is 0.460 e. The summed E-state index contributed by atoms with van der Waals surface area (Å²) < 4.78 is 5.33. The standard InChI is InChI=1S/C22H28O4/c1-13(2)18-12-16-10-9-14(3)17(19(16)21(25)20(18)24)8-7-11-22(5,6)26-15(4)23/h9-10,12-13H,7-8,11H2,1-6H3. The smallest absolute Gasteiger partial charge is 0.303 e. The van der Waals surface area contributed by atoms with Crippen LogP contribution in [0, 0.1) is 12.8 Å². The molecule has 0 saturated heterocycles. The number of benzene rings is 1. The predicted octanol–water partition coefficient (Wildman–Crippen LogP) is 4.46. The number of Topliss-reactive ketones (excluding diaryl/α,β-unsaturated/α-hetero) is 2. The number of carbonyl (C=O) groups excluding carboxylic acids is 3. The van der Waals surface area contributed by atoms with Crippen molar-refractivity contribution in [1.29, 1.82) is 0 Å². The van der Waals surface area contributed by atoms with Gasteiger partial charge in [0.2, 0.25) is 11.6 Å². The van der Waals surface area contributed by atoms with Gasteiger partial charge in [-0.3, -0.25) is 14.4 Å². The van der Waals surface area contributed by atoms with Gasteiger partial charge in [0.05, 0.1) is 0 Å². The summed E-state index contributed by atoms with van der Waals surface area (Å²) in [7, 11) is 0. The second-order valence-corrected chi connectivity index (χ2v) is 7.94. The van der Waals surface area contributed by atoms with Gasteiger partial charge in [-0.2, -0.15) is 0 Å². The maximum absolute atomic E-state index is 12.8. The van der Waals surface area contributed by atoms with Crippen LogP contribution in [0.3, 0.4) is 0 Å². The Morgan fingerprint density at radius 3 is 2.38 bits per heavy atom. The lowest BCUT2D eigenvalue weighted by Crippen LogP contribution is -2.27. The summed E-state index contributed by atoms with van der Waals surface area (Å²) in [6.45, 7) is 11.0. The molecule has 0 radical (unpaired) electrons. The third kappa shape index (κ3) is 4.29. The fraction of sp³-hybridized carbons (Fsp3) is 0.500. The zero-order valence-electron chi connectivity index (χ0n) is 16.6. The molecule has 0 N–H and O–H groups in total. The highest BCUT2D eigenvalue weighted by atomic mass is 16.6. The molecule has 0 amide bonds. The number of ketones is 2. The van der Waals surface area contributed by atoms with E-state index >= 15 is 0 Å². The number of rotatable bonds is 6. The highest BCUT2D eigenvalue weighted by Gasteiger charge is 2.31. The van der Waals surface area contributed by atoms with Crippen molar-refractivity contribution in [2.75, 3.05) is 0 Å². The molecule has 0 aromatic heterocycles. The molecule has 140 valence electrons. The molecule has 1 aromatic rings. The average molecular weight is 356 g/mol. The molecule has 26 heavy (non-hydrogen) atoms. The van der Waals surface area contributed by atoms with E-state index in [0.717, 1.165) is 23.1 Å². The van der Waals surface area contributed by atoms with Crippen molar-refractivity contribution in [3.63, 3.8) is 0 Å². The summed E-state index contributed by atoms with van der Waals surface area (Å²) in [5.74, 6) is -1.06. The molecule has 0 spiro atoms. The Hall–Kier alpha value is -2.23. The van der Waals surface area contributed by atoms with E-state index in [0.29, 0.717) is 24.0 Å². The molecular weight excluding hydrogens is 328 g/mol. The van der Waals surface area contributed by atoms with Gasteiger partial charge < -0.3 is 4.74 Å². The van der Waals surface area contributed by atoms with Gasteiger partial charge in [-0.1, -0.05) is 26.0 Å². The number of esters is 1. The molecule has 0 atom stereocenters. The summed E-state index contributed by atoms with van der Waals surface area (Å²) in [5, 5.41) is 0. The maximum atomic E-state index is 12.8. The van der Waals surface area contributed by atoms with E-state index in [9.17, 15) is 14.4 Å². The van der Waals surface area contributed by atoms with Crippen molar-refractivity contribution >= 4 is 23.6 Å². The normalized spacial score (nSPS) is 14.3. The van der Waals surface area contributed by atoms with Gasteiger partial charge in [0.1, 0.15) is 5.60 Å². The first-order chi connectivity index (χ1) is 12.0. The van der Waals surface area contributed by atoms with Crippen molar-refractivity contribution in [3.8, 4) is 0 Å². The summed E-state index contributed by atoms with van der Waals surface area (Å²) in [5.41, 5.74) is 3.35. The molecule has 0 fully saturated rings. The molecule has 4 nitrogen and oxygen atoms in total. The van der Waals surface area contributed by atoms with E-state index in [4.69, 9.17) is 4.74 Å². The van der Waals surface area contributed by atoms with E-state index < -0.39 is 11.4 Å². The summed E-state index contributed by atoms with van der Waals surface area (Å²) in [6, 6.07) is 3.92. The second-order valence-electron chi connectivity index (χ2n) is 7.94. The molecule has 0 aliphatic heterocycles. The van der Waals surface area contributed by atoms with E-state index in [1.54, 1.807) is 0 Å². The van der Waals surface area contributed by atoms with Gasteiger partial charge in [0, 0.05) is 18.1 Å². The number of hydrogen-bond acceptors (Lipinski definition) is 4. The summed E-state index contributed by atoms with van der Waals surface area (Å²) >= 11 is 0. The first kappa shape index (κ1) is 20.1. The van der Waals surface area contributed by atoms with Crippen LogP contribution in [-0.4, -0.2) is 23.1 Å². The molecule has 2 rings (SSSR count). The fourth-order valence-corrected chi connectivity index (χ4v) is 3.52. The van der Waals surface area contributed by atoms with Crippen LogP contribution < -0.4 is 0 Å². The van der Waals surface area contributed by atoms with Crippen LogP contribution in [-0.2, 0) is 20.7 Å². The van der Waals surface area contributed by atoms with E-state index in [1.807, 2.05) is 52.8 Å². The van der Waals surface area contributed by atoms with Crippen molar-refractivity contribution in [1.82, 2.24) is 0 Å². The number of ether oxygens (including phenoxy) is 1.